The van der Waals surface area contributed by atoms with Gasteiger partial charge in [0.05, 0.1) is 13.2 Å². The molecule has 0 aliphatic heterocycles. The second-order valence-electron chi connectivity index (χ2n) is 6.49. The lowest BCUT2D eigenvalue weighted by molar-refractivity contribution is -0.123. The van der Waals surface area contributed by atoms with Crippen LogP contribution in [0.2, 0.25) is 0 Å². The maximum absolute atomic E-state index is 12.2. The van der Waals surface area contributed by atoms with Gasteiger partial charge in [-0.1, -0.05) is 18.2 Å². The molecular weight excluding hydrogens is 314 g/mol. The molecule has 2 aromatic carbocycles. The summed E-state index contributed by atoms with van der Waals surface area (Å²) in [5, 5.41) is 3.01. The van der Waals surface area contributed by atoms with E-state index in [9.17, 15) is 4.79 Å². The Morgan fingerprint density at radius 1 is 1.04 bits per heavy atom. The SMILES string of the molecule is COc1ccc(OCC(=O)N[C@H](C)c2ccc3c(c2)CCCC3)cc1. The van der Waals surface area contributed by atoms with Gasteiger partial charge in [0.2, 0.25) is 0 Å². The number of benzene rings is 2. The van der Waals surface area contributed by atoms with Crippen molar-refractivity contribution in [3.8, 4) is 11.5 Å². The first-order chi connectivity index (χ1) is 12.2. The number of hydrogen-bond acceptors (Lipinski definition) is 3. The van der Waals surface area contributed by atoms with Crippen molar-refractivity contribution >= 4 is 5.91 Å². The molecule has 0 radical (unpaired) electrons. The van der Waals surface area contributed by atoms with E-state index < -0.39 is 0 Å². The van der Waals surface area contributed by atoms with E-state index >= 15 is 0 Å². The normalized spacial score (nSPS) is 14.3. The number of methoxy groups -OCH3 is 1. The van der Waals surface area contributed by atoms with Gasteiger partial charge in [-0.25, -0.2) is 0 Å². The number of ether oxygens (including phenoxy) is 2. The van der Waals surface area contributed by atoms with E-state index in [-0.39, 0.29) is 18.6 Å². The van der Waals surface area contributed by atoms with Crippen molar-refractivity contribution in [1.82, 2.24) is 5.32 Å². The van der Waals surface area contributed by atoms with Crippen LogP contribution in [0.5, 0.6) is 11.5 Å². The minimum atomic E-state index is -0.124. The van der Waals surface area contributed by atoms with Crippen molar-refractivity contribution in [1.29, 1.82) is 0 Å². The zero-order valence-corrected chi connectivity index (χ0v) is 14.9. The van der Waals surface area contributed by atoms with Crippen LogP contribution in [-0.4, -0.2) is 19.6 Å². The molecule has 1 atom stereocenters. The molecule has 25 heavy (non-hydrogen) atoms. The van der Waals surface area contributed by atoms with Crippen molar-refractivity contribution in [2.75, 3.05) is 13.7 Å². The second kappa shape index (κ2) is 8.06. The summed E-state index contributed by atoms with van der Waals surface area (Å²) in [6, 6.07) is 13.7. The van der Waals surface area contributed by atoms with E-state index in [1.165, 1.54) is 30.4 Å². The molecular formula is C21H25NO3. The van der Waals surface area contributed by atoms with Crippen LogP contribution in [0.25, 0.3) is 0 Å². The van der Waals surface area contributed by atoms with Gasteiger partial charge < -0.3 is 14.8 Å². The fraction of sp³-hybridized carbons (Fsp3) is 0.381. The lowest BCUT2D eigenvalue weighted by atomic mass is 9.89. The molecule has 0 saturated heterocycles. The highest BCUT2D eigenvalue weighted by molar-refractivity contribution is 5.78. The molecule has 4 nitrogen and oxygen atoms in total. The lowest BCUT2D eigenvalue weighted by Crippen LogP contribution is -2.31. The van der Waals surface area contributed by atoms with Crippen LogP contribution in [-0.2, 0) is 17.6 Å². The monoisotopic (exact) mass is 339 g/mol. The van der Waals surface area contributed by atoms with Crippen molar-refractivity contribution in [3.63, 3.8) is 0 Å². The van der Waals surface area contributed by atoms with E-state index in [1.807, 2.05) is 19.1 Å². The van der Waals surface area contributed by atoms with Crippen LogP contribution in [0.15, 0.2) is 42.5 Å². The summed E-state index contributed by atoms with van der Waals surface area (Å²) in [7, 11) is 1.62. The summed E-state index contributed by atoms with van der Waals surface area (Å²) >= 11 is 0. The molecule has 132 valence electrons. The largest absolute Gasteiger partial charge is 0.497 e. The standard InChI is InChI=1S/C21H25NO3/c1-15(17-8-7-16-5-3-4-6-18(16)13-17)22-21(23)14-25-20-11-9-19(24-2)10-12-20/h7-13,15H,3-6,14H2,1-2H3,(H,22,23)/t15-/m1/s1. The number of rotatable bonds is 6. The number of carbonyl (C=O) groups excluding carboxylic acids is 1. The van der Waals surface area contributed by atoms with Crippen molar-refractivity contribution in [2.24, 2.45) is 0 Å². The van der Waals surface area contributed by atoms with Gasteiger partial charge in [0, 0.05) is 0 Å². The molecule has 1 N–H and O–H groups in total. The number of carbonyl (C=O) groups is 1. The maximum atomic E-state index is 12.2. The first-order valence-corrected chi connectivity index (χ1v) is 8.83. The Morgan fingerprint density at radius 3 is 2.44 bits per heavy atom. The van der Waals surface area contributed by atoms with Crippen molar-refractivity contribution < 1.29 is 14.3 Å². The maximum Gasteiger partial charge on any atom is 0.258 e. The van der Waals surface area contributed by atoms with Crippen LogP contribution in [0.1, 0.15) is 42.5 Å². The summed E-state index contributed by atoms with van der Waals surface area (Å²) < 4.78 is 10.6. The van der Waals surface area contributed by atoms with Crippen molar-refractivity contribution in [2.45, 2.75) is 38.6 Å². The summed E-state index contributed by atoms with van der Waals surface area (Å²) in [6.07, 6.45) is 4.85. The number of nitrogens with one attached hydrogen (secondary N) is 1. The first-order valence-electron chi connectivity index (χ1n) is 8.83. The topological polar surface area (TPSA) is 47.6 Å². The zero-order valence-electron chi connectivity index (χ0n) is 14.9. The van der Waals surface area contributed by atoms with Gasteiger partial charge in [0.1, 0.15) is 11.5 Å². The van der Waals surface area contributed by atoms with Gasteiger partial charge in [0.15, 0.2) is 6.61 Å². The predicted molar refractivity (Wildman–Crippen MR) is 98.1 cm³/mol. The third-order valence-electron chi connectivity index (χ3n) is 4.68. The second-order valence-corrected chi connectivity index (χ2v) is 6.49. The number of hydrogen-bond donors (Lipinski definition) is 1. The Morgan fingerprint density at radius 2 is 1.72 bits per heavy atom. The van der Waals surface area contributed by atoms with E-state index in [0.717, 1.165) is 17.7 Å². The molecule has 0 bridgehead atoms. The van der Waals surface area contributed by atoms with Gasteiger partial charge in [-0.15, -0.1) is 0 Å². The molecule has 0 aromatic heterocycles. The van der Waals surface area contributed by atoms with Gasteiger partial charge in [-0.3, -0.25) is 4.79 Å². The van der Waals surface area contributed by atoms with Gasteiger partial charge in [0.25, 0.3) is 5.91 Å². The number of aryl methyl sites for hydroxylation is 2. The van der Waals surface area contributed by atoms with Crippen molar-refractivity contribution in [3.05, 3.63) is 59.2 Å². The molecule has 0 spiro atoms. The molecule has 1 aliphatic carbocycles. The lowest BCUT2D eigenvalue weighted by Gasteiger charge is -2.20. The van der Waals surface area contributed by atoms with Crippen LogP contribution in [0.4, 0.5) is 0 Å². The average molecular weight is 339 g/mol. The average Bonchev–Trinajstić information content (AvgIpc) is 2.66. The van der Waals surface area contributed by atoms with E-state index in [2.05, 4.69) is 23.5 Å². The number of fused-ring (bicyclic) bond motifs is 1. The highest BCUT2D eigenvalue weighted by Crippen LogP contribution is 2.24. The van der Waals surface area contributed by atoms with Crippen LogP contribution >= 0.6 is 0 Å². The Hall–Kier alpha value is -2.49. The molecule has 1 aliphatic rings. The van der Waals surface area contributed by atoms with Crippen LogP contribution < -0.4 is 14.8 Å². The first kappa shape index (κ1) is 17.3. The smallest absolute Gasteiger partial charge is 0.258 e. The Kier molecular flexibility index (Phi) is 5.59. The predicted octanol–water partition coefficient (Wildman–Crippen LogP) is 3.83. The summed E-state index contributed by atoms with van der Waals surface area (Å²) in [4.78, 5) is 12.2. The summed E-state index contributed by atoms with van der Waals surface area (Å²) in [5.74, 6) is 1.29. The highest BCUT2D eigenvalue weighted by atomic mass is 16.5. The van der Waals surface area contributed by atoms with Gasteiger partial charge >= 0.3 is 0 Å². The molecule has 0 fully saturated rings. The minimum Gasteiger partial charge on any atom is -0.497 e. The van der Waals surface area contributed by atoms with Gasteiger partial charge in [-0.2, -0.15) is 0 Å². The zero-order chi connectivity index (χ0) is 17.6. The van der Waals surface area contributed by atoms with E-state index in [4.69, 9.17) is 9.47 Å². The third-order valence-corrected chi connectivity index (χ3v) is 4.68. The minimum absolute atomic E-state index is 0.00160. The molecule has 2 aromatic rings. The highest BCUT2D eigenvalue weighted by Gasteiger charge is 2.14. The van der Waals surface area contributed by atoms with Crippen LogP contribution in [0, 0.1) is 0 Å². The fourth-order valence-corrected chi connectivity index (χ4v) is 3.21. The van der Waals surface area contributed by atoms with E-state index in [0.29, 0.717) is 5.75 Å². The van der Waals surface area contributed by atoms with Crippen LogP contribution in [0.3, 0.4) is 0 Å². The van der Waals surface area contributed by atoms with Gasteiger partial charge in [-0.05, 0) is 73.6 Å². The Labute approximate surface area is 149 Å². The molecule has 4 heteroatoms. The molecule has 0 saturated carbocycles. The molecule has 3 rings (SSSR count). The number of amides is 1. The quantitative estimate of drug-likeness (QED) is 0.870. The van der Waals surface area contributed by atoms with E-state index in [1.54, 1.807) is 19.2 Å². The molecule has 0 unspecified atom stereocenters. The summed E-state index contributed by atoms with van der Waals surface area (Å²) in [6.45, 7) is 2.01. The molecule has 1 amide bonds. The Bertz CT molecular complexity index is 724. The fourth-order valence-electron chi connectivity index (χ4n) is 3.21. The third kappa shape index (κ3) is 4.53. The molecule has 0 heterocycles. The Balaban J connectivity index is 1.53. The summed E-state index contributed by atoms with van der Waals surface area (Å²) in [5.41, 5.74) is 4.04.